The summed E-state index contributed by atoms with van der Waals surface area (Å²) in [4.78, 5) is 0. The highest BCUT2D eigenvalue weighted by atomic mass is 16.5. The van der Waals surface area contributed by atoms with Gasteiger partial charge in [-0.15, -0.1) is 0 Å². The average molecular weight is 190 g/mol. The van der Waals surface area contributed by atoms with E-state index in [4.69, 9.17) is 4.74 Å². The zero-order valence-electron chi connectivity index (χ0n) is 8.46. The summed E-state index contributed by atoms with van der Waals surface area (Å²) < 4.78 is 5.22. The summed E-state index contributed by atoms with van der Waals surface area (Å²) in [5, 5.41) is 2.25. The van der Waals surface area contributed by atoms with Crippen LogP contribution in [-0.4, -0.2) is 37.9 Å². The van der Waals surface area contributed by atoms with Crippen molar-refractivity contribution in [2.45, 2.75) is 19.8 Å². The Labute approximate surface area is 80.3 Å². The molecule has 1 heterocycles. The third kappa shape index (κ3) is 6.92. The molecule has 0 amide bonds. The second-order valence-electron chi connectivity index (χ2n) is 2.86. The van der Waals surface area contributed by atoms with Crippen LogP contribution in [0.1, 0.15) is 19.8 Å². The van der Waals surface area contributed by atoms with Crippen molar-refractivity contribution in [3.8, 4) is 0 Å². The Morgan fingerprint density at radius 2 is 1.92 bits per heavy atom. The molecule has 0 atom stereocenters. The van der Waals surface area contributed by atoms with E-state index in [0.29, 0.717) is 0 Å². The van der Waals surface area contributed by atoms with Crippen molar-refractivity contribution >= 4 is 0 Å². The van der Waals surface area contributed by atoms with Crippen LogP contribution in [0.15, 0.2) is 0 Å². The van der Waals surface area contributed by atoms with Crippen molar-refractivity contribution < 1.29 is 4.74 Å². The van der Waals surface area contributed by atoms with Gasteiger partial charge >= 0.3 is 0 Å². The topological polar surface area (TPSA) is 76.5 Å². The molecule has 5 N–H and O–H groups in total. The molecule has 1 rings (SSSR count). The molecule has 1 saturated heterocycles. The molecule has 1 aliphatic heterocycles. The van der Waals surface area contributed by atoms with Crippen LogP contribution in [0.3, 0.4) is 0 Å². The van der Waals surface area contributed by atoms with E-state index in [0.717, 1.165) is 32.8 Å². The van der Waals surface area contributed by atoms with Crippen LogP contribution in [-0.2, 0) is 4.74 Å². The lowest BCUT2D eigenvalue weighted by Gasteiger charge is -2.27. The minimum Gasteiger partial charge on any atom is -0.379 e. The largest absolute Gasteiger partial charge is 0.379 e. The smallest absolute Gasteiger partial charge is 0.0608 e. The molecule has 5 heteroatoms. The van der Waals surface area contributed by atoms with Gasteiger partial charge in [-0.3, -0.25) is 17.1 Å². The highest BCUT2D eigenvalue weighted by Gasteiger charge is 2.07. The van der Waals surface area contributed by atoms with E-state index in [1.165, 1.54) is 12.8 Å². The van der Waals surface area contributed by atoms with Gasteiger partial charge in [0.1, 0.15) is 0 Å². The van der Waals surface area contributed by atoms with Crippen LogP contribution in [0.2, 0.25) is 0 Å². The first kappa shape index (κ1) is 12.8. The summed E-state index contributed by atoms with van der Waals surface area (Å²) in [6.45, 7) is 7.13. The summed E-state index contributed by atoms with van der Waals surface area (Å²) in [6.07, 6.45) is 2.52. The first-order valence-electron chi connectivity index (χ1n) is 4.83. The predicted molar refractivity (Wildman–Crippen MR) is 53.7 cm³/mol. The molecule has 1 fully saturated rings. The molecule has 0 aromatic rings. The van der Waals surface area contributed by atoms with Gasteiger partial charge in [0.2, 0.25) is 0 Å². The number of hydrogen-bond donors (Lipinski definition) is 3. The van der Waals surface area contributed by atoms with Crippen LogP contribution >= 0.6 is 0 Å². The van der Waals surface area contributed by atoms with Gasteiger partial charge in [0.05, 0.1) is 13.2 Å². The molecule has 0 radical (unpaired) electrons. The summed E-state index contributed by atoms with van der Waals surface area (Å²) in [6, 6.07) is 0. The number of morpholine rings is 1. The van der Waals surface area contributed by atoms with Crippen molar-refractivity contribution in [3.05, 3.63) is 0 Å². The molecule has 0 bridgehead atoms. The molecule has 0 unspecified atom stereocenters. The Morgan fingerprint density at radius 1 is 1.31 bits per heavy atom. The van der Waals surface area contributed by atoms with Gasteiger partial charge in [0, 0.05) is 19.6 Å². The Bertz CT molecular complexity index is 96.1. The lowest BCUT2D eigenvalue weighted by Crippen LogP contribution is -2.45. The molecule has 0 saturated carbocycles. The molecule has 0 aromatic carbocycles. The fourth-order valence-corrected chi connectivity index (χ4v) is 1.14. The summed E-state index contributed by atoms with van der Waals surface area (Å²) >= 11 is 0. The molecular formula is C8H22N4O. The zero-order valence-corrected chi connectivity index (χ0v) is 8.46. The van der Waals surface area contributed by atoms with E-state index < -0.39 is 0 Å². The number of nitrogens with zero attached hydrogens (tertiary/aromatic N) is 1. The van der Waals surface area contributed by atoms with Crippen molar-refractivity contribution in [1.29, 1.82) is 0 Å². The normalized spacial score (nSPS) is 17.8. The van der Waals surface area contributed by atoms with Crippen LogP contribution < -0.4 is 17.1 Å². The van der Waals surface area contributed by atoms with E-state index in [9.17, 15) is 0 Å². The van der Waals surface area contributed by atoms with E-state index in [2.05, 4.69) is 29.0 Å². The second-order valence-corrected chi connectivity index (χ2v) is 2.86. The van der Waals surface area contributed by atoms with Crippen LogP contribution in [0, 0.1) is 0 Å². The molecular weight excluding hydrogens is 168 g/mol. The first-order chi connectivity index (χ1) is 6.43. The van der Waals surface area contributed by atoms with Crippen molar-refractivity contribution in [2.75, 3.05) is 32.8 Å². The Hall–Kier alpha value is -0.200. The second kappa shape index (κ2) is 9.88. The van der Waals surface area contributed by atoms with Gasteiger partial charge in [-0.25, -0.2) is 5.01 Å². The molecule has 0 spiro atoms. The number of unbranched alkanes of at least 4 members (excludes halogenated alkanes) is 1. The number of hydrogen-bond acceptors (Lipinski definition) is 5. The van der Waals surface area contributed by atoms with Crippen molar-refractivity contribution in [1.82, 2.24) is 10.4 Å². The molecule has 5 nitrogen and oxygen atoms in total. The number of hydrazine groups is 2. The first-order valence-corrected chi connectivity index (χ1v) is 4.83. The Morgan fingerprint density at radius 3 is 2.46 bits per heavy atom. The highest BCUT2D eigenvalue weighted by Crippen LogP contribution is 1.92. The van der Waals surface area contributed by atoms with Crippen molar-refractivity contribution in [3.63, 3.8) is 0 Å². The number of nitrogens with two attached hydrogens (primary N) is 2. The Balaban J connectivity index is 0.000000671. The maximum absolute atomic E-state index is 5.22. The van der Waals surface area contributed by atoms with Crippen LogP contribution in [0.25, 0.3) is 0 Å². The number of ether oxygens (including phenoxy) is 1. The van der Waals surface area contributed by atoms with E-state index in [1.807, 2.05) is 0 Å². The summed E-state index contributed by atoms with van der Waals surface area (Å²) in [7, 11) is 0. The molecule has 0 aromatic heterocycles. The van der Waals surface area contributed by atoms with Crippen LogP contribution in [0.5, 0.6) is 0 Å². The fraction of sp³-hybridized carbons (Fsp3) is 1.00. The zero-order chi connectivity index (χ0) is 9.94. The highest BCUT2D eigenvalue weighted by molar-refractivity contribution is 4.56. The maximum atomic E-state index is 5.22. The predicted octanol–water partition coefficient (Wildman–Crippen LogP) is -0.558. The lowest BCUT2D eigenvalue weighted by molar-refractivity contribution is 0.0119. The third-order valence-electron chi connectivity index (χ3n) is 1.88. The third-order valence-corrected chi connectivity index (χ3v) is 1.88. The van der Waals surface area contributed by atoms with E-state index >= 15 is 0 Å². The average Bonchev–Trinajstić information content (AvgIpc) is 2.23. The minimum atomic E-state index is 0.874. The van der Waals surface area contributed by atoms with Gasteiger partial charge in [0.15, 0.2) is 0 Å². The quantitative estimate of drug-likeness (QED) is 0.315. The van der Waals surface area contributed by atoms with Gasteiger partial charge in [-0.05, 0) is 6.42 Å². The van der Waals surface area contributed by atoms with E-state index in [1.54, 1.807) is 0 Å². The van der Waals surface area contributed by atoms with Crippen LogP contribution in [0.4, 0.5) is 0 Å². The van der Waals surface area contributed by atoms with Gasteiger partial charge in [-0.2, -0.15) is 0 Å². The fourth-order valence-electron chi connectivity index (χ4n) is 1.14. The maximum Gasteiger partial charge on any atom is 0.0608 e. The number of rotatable bonds is 4. The monoisotopic (exact) mass is 190 g/mol. The summed E-state index contributed by atoms with van der Waals surface area (Å²) in [5.74, 6) is 8.00. The molecule has 13 heavy (non-hydrogen) atoms. The van der Waals surface area contributed by atoms with Gasteiger partial charge in [0.25, 0.3) is 0 Å². The van der Waals surface area contributed by atoms with Gasteiger partial charge < -0.3 is 4.74 Å². The number of nitrogens with one attached hydrogen (secondary N) is 1. The SMILES string of the molecule is CCCCNN1CCOCC1.NN. The molecule has 1 aliphatic rings. The minimum absolute atomic E-state index is 0.874. The van der Waals surface area contributed by atoms with Crippen molar-refractivity contribution in [2.24, 2.45) is 11.7 Å². The standard InChI is InChI=1S/C8H18N2O.H4N2/c1-2-3-4-9-10-5-7-11-8-6-10;1-2/h9H,2-8H2,1H3;1-2H2. The molecule has 0 aliphatic carbocycles. The van der Waals surface area contributed by atoms with Gasteiger partial charge in [-0.1, -0.05) is 13.3 Å². The Kier molecular flexibility index (Phi) is 9.73. The van der Waals surface area contributed by atoms with E-state index in [-0.39, 0.29) is 0 Å². The molecule has 80 valence electrons. The lowest BCUT2D eigenvalue weighted by atomic mass is 10.3. The summed E-state index contributed by atoms with van der Waals surface area (Å²) in [5.41, 5.74) is 3.38.